The Labute approximate surface area is 125 Å². The molecule has 1 saturated heterocycles. The number of hydrogen-bond donors (Lipinski definition) is 1. The molecule has 1 heterocycles. The van der Waals surface area contributed by atoms with Crippen LogP contribution in [0, 0.1) is 0 Å². The number of ether oxygens (including phenoxy) is 1. The van der Waals surface area contributed by atoms with Gasteiger partial charge in [0.1, 0.15) is 0 Å². The third-order valence-corrected chi connectivity index (χ3v) is 4.62. The van der Waals surface area contributed by atoms with E-state index in [9.17, 15) is 0 Å². The molecule has 1 fully saturated rings. The summed E-state index contributed by atoms with van der Waals surface area (Å²) in [5, 5.41) is 0. The highest BCUT2D eigenvalue weighted by atomic mass is 16.5. The molecule has 0 spiro atoms. The first-order chi connectivity index (χ1) is 9.10. The van der Waals surface area contributed by atoms with Gasteiger partial charge in [0.15, 0.2) is 0 Å². The maximum absolute atomic E-state index is 6.34. The van der Waals surface area contributed by atoms with Crippen molar-refractivity contribution in [2.24, 2.45) is 5.73 Å². The summed E-state index contributed by atoms with van der Waals surface area (Å²) >= 11 is 0. The molecule has 0 bridgehead atoms. The molecule has 1 aliphatic heterocycles. The molecule has 0 aromatic carbocycles. The Morgan fingerprint density at radius 2 is 1.65 bits per heavy atom. The molecule has 0 aromatic heterocycles. The second-order valence-corrected chi connectivity index (χ2v) is 7.57. The fourth-order valence-corrected chi connectivity index (χ4v) is 3.81. The summed E-state index contributed by atoms with van der Waals surface area (Å²) in [6.07, 6.45) is 2.14. The van der Waals surface area contributed by atoms with Crippen molar-refractivity contribution < 1.29 is 4.74 Å². The lowest BCUT2D eigenvalue weighted by atomic mass is 9.77. The van der Waals surface area contributed by atoms with Gasteiger partial charge in [0, 0.05) is 19.6 Å². The molecular weight excluding hydrogens is 250 g/mol. The highest BCUT2D eigenvalue weighted by Crippen LogP contribution is 2.47. The van der Waals surface area contributed by atoms with Gasteiger partial charge in [-0.05, 0) is 61.2 Å². The van der Waals surface area contributed by atoms with Crippen LogP contribution in [0.5, 0.6) is 0 Å². The van der Waals surface area contributed by atoms with E-state index in [1.54, 1.807) is 0 Å². The van der Waals surface area contributed by atoms with Gasteiger partial charge in [-0.15, -0.1) is 0 Å². The van der Waals surface area contributed by atoms with Gasteiger partial charge in [0.05, 0.1) is 16.7 Å². The largest absolute Gasteiger partial charge is 0.368 e. The minimum atomic E-state index is -0.216. The van der Waals surface area contributed by atoms with E-state index in [-0.39, 0.29) is 16.7 Å². The fraction of sp³-hybridized carbons (Fsp3) is 1.00. The van der Waals surface area contributed by atoms with Gasteiger partial charge in [-0.2, -0.15) is 0 Å². The Balaban J connectivity index is 3.04. The van der Waals surface area contributed by atoms with Gasteiger partial charge in [0.2, 0.25) is 0 Å². The molecule has 4 heteroatoms. The molecule has 0 aliphatic carbocycles. The molecule has 20 heavy (non-hydrogen) atoms. The summed E-state index contributed by atoms with van der Waals surface area (Å²) in [6.45, 7) is 14.8. The van der Waals surface area contributed by atoms with Gasteiger partial charge in [0.25, 0.3) is 0 Å². The fourth-order valence-electron chi connectivity index (χ4n) is 3.81. The van der Waals surface area contributed by atoms with E-state index >= 15 is 0 Å². The number of nitrogens with two attached hydrogens (primary N) is 1. The van der Waals surface area contributed by atoms with Crippen LogP contribution in [0.4, 0.5) is 0 Å². The Hall–Kier alpha value is -0.160. The average Bonchev–Trinajstić information content (AvgIpc) is 2.49. The van der Waals surface area contributed by atoms with Crippen LogP contribution in [-0.2, 0) is 4.74 Å². The molecule has 0 amide bonds. The van der Waals surface area contributed by atoms with Gasteiger partial charge in [-0.1, -0.05) is 6.92 Å². The van der Waals surface area contributed by atoms with Crippen LogP contribution in [-0.4, -0.2) is 66.8 Å². The summed E-state index contributed by atoms with van der Waals surface area (Å²) in [5.74, 6) is 0. The first-order valence-corrected chi connectivity index (χ1v) is 7.90. The van der Waals surface area contributed by atoms with Gasteiger partial charge < -0.3 is 15.4 Å². The van der Waals surface area contributed by atoms with Crippen molar-refractivity contribution in [2.75, 3.05) is 40.3 Å². The van der Waals surface area contributed by atoms with Gasteiger partial charge >= 0.3 is 0 Å². The van der Waals surface area contributed by atoms with E-state index in [2.05, 4.69) is 58.5 Å². The lowest BCUT2D eigenvalue weighted by Crippen LogP contribution is -2.64. The first-order valence-electron chi connectivity index (χ1n) is 7.90. The van der Waals surface area contributed by atoms with Crippen molar-refractivity contribution in [1.29, 1.82) is 0 Å². The maximum atomic E-state index is 6.34. The van der Waals surface area contributed by atoms with Crippen LogP contribution in [0.1, 0.15) is 47.5 Å². The van der Waals surface area contributed by atoms with Crippen molar-refractivity contribution in [1.82, 2.24) is 9.80 Å². The number of rotatable bonds is 7. The van der Waals surface area contributed by atoms with Crippen molar-refractivity contribution >= 4 is 0 Å². The van der Waals surface area contributed by atoms with E-state index in [4.69, 9.17) is 10.5 Å². The third kappa shape index (κ3) is 3.53. The Bertz CT molecular complexity index is 315. The number of hydrogen-bond acceptors (Lipinski definition) is 4. The number of likely N-dealkylation sites (N-methyl/N-ethyl adjacent to an activating group) is 1. The lowest BCUT2D eigenvalue weighted by molar-refractivity contribution is -0.104. The standard InChI is InChI=1S/C16H35N3O/c1-8-9-19(11-10-18(6)7)16(13-17)12-14(2,3)20-15(16,4)5/h8-13,17H2,1-7H3. The van der Waals surface area contributed by atoms with Gasteiger partial charge in [-0.3, -0.25) is 4.90 Å². The maximum Gasteiger partial charge on any atom is 0.0830 e. The Morgan fingerprint density at radius 3 is 2.00 bits per heavy atom. The second kappa shape index (κ2) is 6.30. The van der Waals surface area contributed by atoms with Gasteiger partial charge in [-0.25, -0.2) is 0 Å². The SMILES string of the molecule is CCCN(CCN(C)C)C1(CN)CC(C)(C)OC1(C)C. The summed E-state index contributed by atoms with van der Waals surface area (Å²) in [6, 6.07) is 0. The van der Waals surface area contributed by atoms with Crippen LogP contribution >= 0.6 is 0 Å². The zero-order valence-electron chi connectivity index (χ0n) is 14.6. The third-order valence-electron chi connectivity index (χ3n) is 4.62. The first kappa shape index (κ1) is 17.9. The summed E-state index contributed by atoms with van der Waals surface area (Å²) in [5.41, 5.74) is 5.88. The average molecular weight is 285 g/mol. The van der Waals surface area contributed by atoms with Crippen LogP contribution in [0.15, 0.2) is 0 Å². The highest BCUT2D eigenvalue weighted by Gasteiger charge is 2.58. The molecule has 120 valence electrons. The molecule has 4 nitrogen and oxygen atoms in total. The van der Waals surface area contributed by atoms with Crippen LogP contribution in [0.2, 0.25) is 0 Å². The Kier molecular flexibility index (Phi) is 5.64. The van der Waals surface area contributed by atoms with Crippen LogP contribution in [0.3, 0.4) is 0 Å². The predicted octanol–water partition coefficient (Wildman–Crippen LogP) is 1.94. The van der Waals surface area contributed by atoms with Crippen molar-refractivity contribution in [2.45, 2.75) is 64.2 Å². The molecule has 0 saturated carbocycles. The summed E-state index contributed by atoms with van der Waals surface area (Å²) < 4.78 is 6.34. The summed E-state index contributed by atoms with van der Waals surface area (Å²) in [7, 11) is 4.25. The minimum absolute atomic E-state index is 0.0669. The molecule has 1 rings (SSSR count). The summed E-state index contributed by atoms with van der Waals surface area (Å²) in [4.78, 5) is 4.81. The second-order valence-electron chi connectivity index (χ2n) is 7.57. The molecule has 2 N–H and O–H groups in total. The normalized spacial score (nSPS) is 28.5. The van der Waals surface area contributed by atoms with Crippen molar-refractivity contribution in [3.8, 4) is 0 Å². The van der Waals surface area contributed by atoms with Crippen LogP contribution < -0.4 is 5.73 Å². The monoisotopic (exact) mass is 285 g/mol. The minimum Gasteiger partial charge on any atom is -0.368 e. The smallest absolute Gasteiger partial charge is 0.0830 e. The molecule has 1 atom stereocenters. The van der Waals surface area contributed by atoms with Crippen molar-refractivity contribution in [3.63, 3.8) is 0 Å². The molecule has 0 aromatic rings. The van der Waals surface area contributed by atoms with Crippen molar-refractivity contribution in [3.05, 3.63) is 0 Å². The van der Waals surface area contributed by atoms with E-state index in [1.165, 1.54) is 0 Å². The molecular formula is C16H35N3O. The van der Waals surface area contributed by atoms with E-state index < -0.39 is 0 Å². The van der Waals surface area contributed by atoms with E-state index in [0.717, 1.165) is 32.5 Å². The molecule has 1 aliphatic rings. The molecule has 0 radical (unpaired) electrons. The zero-order chi connectivity index (χ0) is 15.6. The van der Waals surface area contributed by atoms with E-state index in [0.29, 0.717) is 6.54 Å². The zero-order valence-corrected chi connectivity index (χ0v) is 14.6. The highest BCUT2D eigenvalue weighted by molar-refractivity contribution is 5.13. The molecule has 1 unspecified atom stereocenters. The van der Waals surface area contributed by atoms with E-state index in [1.807, 2.05) is 0 Å². The topological polar surface area (TPSA) is 41.7 Å². The predicted molar refractivity (Wildman–Crippen MR) is 86.1 cm³/mol. The Morgan fingerprint density at radius 1 is 1.05 bits per heavy atom. The van der Waals surface area contributed by atoms with Crippen LogP contribution in [0.25, 0.3) is 0 Å². The quantitative estimate of drug-likeness (QED) is 0.776. The lowest BCUT2D eigenvalue weighted by Gasteiger charge is -2.48. The number of nitrogens with zero attached hydrogens (tertiary/aromatic N) is 2.